The Labute approximate surface area is 527 Å². The van der Waals surface area contributed by atoms with E-state index in [-0.39, 0.29) is 11.8 Å². The highest BCUT2D eigenvalue weighted by Crippen LogP contribution is 2.35. The molecule has 434 valence electrons. The molecule has 12 aromatic carbocycles. The van der Waals surface area contributed by atoms with Crippen molar-refractivity contribution >= 4 is 107 Å². The molecule has 0 radical (unpaired) electrons. The fourth-order valence-corrected chi connectivity index (χ4v) is 19.7. The minimum Gasteiger partial charge on any atom is -0.305 e. The van der Waals surface area contributed by atoms with Crippen LogP contribution in [-0.4, -0.2) is 48.7 Å². The van der Waals surface area contributed by atoms with Gasteiger partial charge in [0.25, 0.3) is 5.91 Å². The molecule has 0 spiro atoms. The van der Waals surface area contributed by atoms with Gasteiger partial charge in [0.2, 0.25) is 0 Å². The number of carbonyl (C=O) groups excluding carboxylic acids is 1. The van der Waals surface area contributed by atoms with E-state index in [0.717, 1.165) is 25.2 Å². The average molecular weight is 1220 g/mol. The second-order valence-corrected chi connectivity index (χ2v) is 29.8. The minimum atomic E-state index is -0.446. The predicted molar refractivity (Wildman–Crippen MR) is 386 cm³/mol. The number of nitrogens with zero attached hydrogens (tertiary/aromatic N) is 3. The van der Waals surface area contributed by atoms with Gasteiger partial charge in [0.1, 0.15) is 0 Å². The van der Waals surface area contributed by atoms with Gasteiger partial charge in [0.15, 0.2) is 0 Å². The number of carbonyl (C=O) groups is 1. The van der Waals surface area contributed by atoms with Crippen molar-refractivity contribution in [2.75, 3.05) is 27.2 Å². The lowest BCUT2D eigenvalue weighted by Gasteiger charge is -2.25. The first-order chi connectivity index (χ1) is 43.5. The van der Waals surface area contributed by atoms with Crippen molar-refractivity contribution in [2.45, 2.75) is 6.42 Å². The molecule has 12 aromatic rings. The maximum atomic E-state index is 11.5. The Morgan fingerprint density at radius 3 is 0.591 bits per heavy atom. The molecule has 1 fully saturated rings. The van der Waals surface area contributed by atoms with E-state index in [2.05, 4.69) is 374 Å². The van der Waals surface area contributed by atoms with Crippen LogP contribution < -0.4 is 63.7 Å². The van der Waals surface area contributed by atoms with E-state index in [0.29, 0.717) is 0 Å². The van der Waals surface area contributed by atoms with Gasteiger partial charge in [-0.15, -0.1) is 0 Å². The molecule has 88 heavy (non-hydrogen) atoms. The van der Waals surface area contributed by atoms with Crippen LogP contribution in [0.3, 0.4) is 0 Å². The summed E-state index contributed by atoms with van der Waals surface area (Å²) in [6, 6.07) is 129. The lowest BCUT2D eigenvalue weighted by atomic mass is 9.96. The summed E-state index contributed by atoms with van der Waals surface area (Å²) in [6.07, 6.45) is 0.942. The molecule has 14 rings (SSSR count). The third-order valence-electron chi connectivity index (χ3n) is 14.7. The van der Waals surface area contributed by atoms with Crippen LogP contribution in [0.15, 0.2) is 369 Å². The Morgan fingerprint density at radius 2 is 0.432 bits per heavy atom. The molecule has 4 nitrogen and oxygen atoms in total. The standard InChI is InChI=1S/4C18H15P.C8H13N3O/c4*1-4-10-16(11-5-1)19(17-12-6-2-7-13-17)18-14-8-3-9-15-18;1-10-4-3-7-6(5-10)8(12)11(2)9-7/h4*1-15H;6H,3-5H2,1-2H3. The van der Waals surface area contributed by atoms with Crippen molar-refractivity contribution < 1.29 is 4.79 Å². The molecule has 8 heteroatoms. The first-order valence-electron chi connectivity index (χ1n) is 29.8. The van der Waals surface area contributed by atoms with Crippen molar-refractivity contribution in [1.82, 2.24) is 9.91 Å². The highest BCUT2D eigenvalue weighted by molar-refractivity contribution is 7.81. The van der Waals surface area contributed by atoms with Crippen LogP contribution in [-0.2, 0) is 4.79 Å². The molecule has 1 unspecified atom stereocenters. The Kier molecular flexibility index (Phi) is 23.8. The number of amides is 1. The number of hydrazone groups is 1. The predicted octanol–water partition coefficient (Wildman–Crippen LogP) is 13.5. The first-order valence-corrected chi connectivity index (χ1v) is 35.2. The van der Waals surface area contributed by atoms with E-state index < -0.39 is 31.7 Å². The van der Waals surface area contributed by atoms with E-state index in [1.807, 2.05) is 7.05 Å². The van der Waals surface area contributed by atoms with Gasteiger partial charge in [0.05, 0.1) is 11.6 Å². The molecule has 2 heterocycles. The molecule has 2 aliphatic heterocycles. The van der Waals surface area contributed by atoms with Crippen LogP contribution in [0.1, 0.15) is 6.42 Å². The molecule has 0 saturated carbocycles. The monoisotopic (exact) mass is 1220 g/mol. The number of piperidine rings is 1. The van der Waals surface area contributed by atoms with E-state index >= 15 is 0 Å². The van der Waals surface area contributed by atoms with E-state index in [1.165, 1.54) is 68.7 Å². The number of hydrogen-bond acceptors (Lipinski definition) is 3. The van der Waals surface area contributed by atoms with E-state index in [9.17, 15) is 4.79 Å². The lowest BCUT2D eigenvalue weighted by molar-refractivity contribution is -0.131. The Bertz CT molecular complexity index is 3080. The zero-order valence-corrected chi connectivity index (χ0v) is 53.5. The quantitative estimate of drug-likeness (QED) is 0.114. The van der Waals surface area contributed by atoms with Crippen LogP contribution in [0.25, 0.3) is 0 Å². The molecule has 2 aliphatic rings. The van der Waals surface area contributed by atoms with Crippen molar-refractivity contribution in [3.63, 3.8) is 0 Å². The summed E-state index contributed by atoms with van der Waals surface area (Å²) in [5.41, 5.74) is 1.07. The summed E-state index contributed by atoms with van der Waals surface area (Å²) in [6.45, 7) is 1.86. The Hall–Kier alpha value is -8.54. The SMILES string of the molecule is CN1CCC2=NN(C)C(=O)C2C1.c1ccc(P(c2ccccc2)c2ccccc2)cc1.c1ccc(P(c2ccccc2)c2ccccc2)cc1.c1ccc(P(c2ccccc2)c2ccccc2)cc1.c1ccc(P(c2ccccc2)c2ccccc2)cc1. The summed E-state index contributed by atoms with van der Waals surface area (Å²) in [5.74, 6) is 0.199. The zero-order chi connectivity index (χ0) is 60.4. The smallest absolute Gasteiger partial charge is 0.252 e. The number of fused-ring (bicyclic) bond motifs is 1. The second-order valence-electron chi connectivity index (χ2n) is 20.9. The van der Waals surface area contributed by atoms with Gasteiger partial charge < -0.3 is 4.90 Å². The van der Waals surface area contributed by atoms with Gasteiger partial charge in [-0.2, -0.15) is 5.10 Å². The molecular weight excluding hydrogens is 1140 g/mol. The van der Waals surface area contributed by atoms with Crippen molar-refractivity contribution in [3.8, 4) is 0 Å². The summed E-state index contributed by atoms with van der Waals surface area (Å²) < 4.78 is 0. The molecule has 1 atom stereocenters. The third kappa shape index (κ3) is 17.6. The highest BCUT2D eigenvalue weighted by Gasteiger charge is 2.37. The number of likely N-dealkylation sites (tertiary alicyclic amines) is 1. The minimum absolute atomic E-state index is 0.0498. The topological polar surface area (TPSA) is 35.9 Å². The third-order valence-corrected chi connectivity index (χ3v) is 24.5. The van der Waals surface area contributed by atoms with Gasteiger partial charge >= 0.3 is 0 Å². The van der Waals surface area contributed by atoms with Crippen LogP contribution in [0.2, 0.25) is 0 Å². The van der Waals surface area contributed by atoms with Crippen molar-refractivity contribution in [3.05, 3.63) is 364 Å². The molecule has 0 N–H and O–H groups in total. The number of benzene rings is 12. The fraction of sp³-hybridized carbons (Fsp3) is 0.0750. The molecule has 1 amide bonds. The van der Waals surface area contributed by atoms with Gasteiger partial charge in [-0.25, -0.2) is 5.01 Å². The van der Waals surface area contributed by atoms with Gasteiger partial charge in [-0.05, 0) is 102 Å². The van der Waals surface area contributed by atoms with Crippen molar-refractivity contribution in [2.24, 2.45) is 11.0 Å². The van der Waals surface area contributed by atoms with Crippen LogP contribution >= 0.6 is 31.7 Å². The number of rotatable bonds is 12. The first kappa shape index (κ1) is 62.5. The summed E-state index contributed by atoms with van der Waals surface area (Å²) in [7, 11) is 1.99. The van der Waals surface area contributed by atoms with Gasteiger partial charge in [-0.1, -0.05) is 364 Å². The fourth-order valence-electron chi connectivity index (χ4n) is 10.5. The molecule has 0 aliphatic carbocycles. The summed E-state index contributed by atoms with van der Waals surface area (Å²) >= 11 is 0. The van der Waals surface area contributed by atoms with E-state index in [1.54, 1.807) is 7.05 Å². The van der Waals surface area contributed by atoms with Crippen molar-refractivity contribution in [1.29, 1.82) is 0 Å². The van der Waals surface area contributed by atoms with Crippen LogP contribution in [0.4, 0.5) is 0 Å². The second kappa shape index (κ2) is 33.5. The maximum absolute atomic E-state index is 11.5. The number of hydrogen-bond donors (Lipinski definition) is 0. The Balaban J connectivity index is 0.000000122. The molecule has 0 bridgehead atoms. The van der Waals surface area contributed by atoms with Crippen LogP contribution in [0.5, 0.6) is 0 Å². The molecule has 0 aromatic heterocycles. The average Bonchev–Trinajstić information content (AvgIpc) is 3.65. The molecule has 1 saturated heterocycles. The molecular formula is C80H73N3OP4. The van der Waals surface area contributed by atoms with E-state index in [4.69, 9.17) is 0 Å². The Morgan fingerprint density at radius 1 is 0.273 bits per heavy atom. The maximum Gasteiger partial charge on any atom is 0.252 e. The summed E-state index contributed by atoms with van der Waals surface area (Å²) in [4.78, 5) is 13.7. The lowest BCUT2D eigenvalue weighted by Crippen LogP contribution is -2.40. The highest BCUT2D eigenvalue weighted by atomic mass is 31.1. The van der Waals surface area contributed by atoms with Gasteiger partial charge in [-0.3, -0.25) is 4.79 Å². The largest absolute Gasteiger partial charge is 0.305 e. The zero-order valence-electron chi connectivity index (χ0n) is 49.9. The van der Waals surface area contributed by atoms with Crippen LogP contribution in [0, 0.1) is 5.92 Å². The summed E-state index contributed by atoms with van der Waals surface area (Å²) in [5, 5.41) is 22.4. The normalized spacial score (nSPS) is 13.3. The van der Waals surface area contributed by atoms with Gasteiger partial charge in [0, 0.05) is 26.6 Å².